The molecule has 8 nitrogen and oxygen atoms in total. The Balaban J connectivity index is 2.04. The number of hydrazine groups is 1. The molecule has 0 aliphatic heterocycles. The number of carbonyl (C=O) groups is 2. The topological polar surface area (TPSA) is 106 Å². The third kappa shape index (κ3) is 3.40. The molecule has 0 spiro atoms. The largest absolute Gasteiger partial charge is 0.469 e. The van der Waals surface area contributed by atoms with Crippen LogP contribution >= 0.6 is 0 Å². The van der Waals surface area contributed by atoms with Crippen LogP contribution in [-0.2, 0) is 6.54 Å². The van der Waals surface area contributed by atoms with Crippen LogP contribution in [0.25, 0.3) is 0 Å². The molecule has 2 heterocycles. The van der Waals surface area contributed by atoms with Crippen LogP contribution in [0.2, 0.25) is 0 Å². The highest BCUT2D eigenvalue weighted by molar-refractivity contribution is 5.98. The lowest BCUT2D eigenvalue weighted by Gasteiger charge is -2.08. The van der Waals surface area contributed by atoms with Crippen molar-refractivity contribution in [3.63, 3.8) is 0 Å². The average Bonchev–Trinajstić information content (AvgIpc) is 2.93. The van der Waals surface area contributed by atoms with Gasteiger partial charge in [-0.1, -0.05) is 6.92 Å². The number of carbonyl (C=O) groups excluding carboxylic acids is 2. The number of amides is 2. The van der Waals surface area contributed by atoms with E-state index in [0.29, 0.717) is 24.3 Å². The molecular weight excluding hydrogens is 288 g/mol. The summed E-state index contributed by atoms with van der Waals surface area (Å²) in [6.45, 7) is 3.95. The fraction of sp³-hybridized carbons (Fsp3) is 0.286. The second-order valence-corrected chi connectivity index (χ2v) is 4.58. The number of aryl methyl sites for hydroxylation is 2. The predicted molar refractivity (Wildman–Crippen MR) is 77.2 cm³/mol. The van der Waals surface area contributed by atoms with E-state index in [1.165, 1.54) is 29.1 Å². The average molecular weight is 304 g/mol. The number of rotatable bonds is 4. The molecule has 2 aromatic heterocycles. The van der Waals surface area contributed by atoms with Gasteiger partial charge in [-0.25, -0.2) is 4.68 Å². The summed E-state index contributed by atoms with van der Waals surface area (Å²) in [5.41, 5.74) is 4.59. The van der Waals surface area contributed by atoms with E-state index in [4.69, 9.17) is 4.42 Å². The lowest BCUT2D eigenvalue weighted by Crippen LogP contribution is -2.42. The molecule has 0 aliphatic carbocycles. The smallest absolute Gasteiger partial charge is 0.290 e. The van der Waals surface area contributed by atoms with Crippen LogP contribution in [0.4, 0.5) is 0 Å². The molecule has 2 rings (SSSR count). The van der Waals surface area contributed by atoms with E-state index in [9.17, 15) is 14.4 Å². The monoisotopic (exact) mass is 304 g/mol. The van der Waals surface area contributed by atoms with Crippen molar-refractivity contribution >= 4 is 11.8 Å². The zero-order valence-corrected chi connectivity index (χ0v) is 12.3. The molecule has 2 aromatic rings. The van der Waals surface area contributed by atoms with Gasteiger partial charge in [-0.2, -0.15) is 5.10 Å². The molecule has 0 saturated carbocycles. The molecule has 0 saturated heterocycles. The van der Waals surface area contributed by atoms with Gasteiger partial charge in [-0.05, 0) is 25.5 Å². The molecule has 116 valence electrons. The van der Waals surface area contributed by atoms with E-state index in [1.54, 1.807) is 6.92 Å². The quantitative estimate of drug-likeness (QED) is 0.806. The summed E-state index contributed by atoms with van der Waals surface area (Å²) in [5.74, 6) is -0.665. The third-order valence-corrected chi connectivity index (χ3v) is 2.93. The SMILES string of the molecule is CCCn1nc(C(=O)NNC(=O)c2ccoc2C)ccc1=O. The van der Waals surface area contributed by atoms with Crippen LogP contribution in [-0.4, -0.2) is 21.6 Å². The Bertz CT molecular complexity index is 747. The van der Waals surface area contributed by atoms with Gasteiger partial charge >= 0.3 is 0 Å². The van der Waals surface area contributed by atoms with Crippen LogP contribution in [0.5, 0.6) is 0 Å². The van der Waals surface area contributed by atoms with Gasteiger partial charge in [0.2, 0.25) is 0 Å². The van der Waals surface area contributed by atoms with Crippen LogP contribution in [0.15, 0.2) is 33.7 Å². The second-order valence-electron chi connectivity index (χ2n) is 4.58. The highest BCUT2D eigenvalue weighted by Gasteiger charge is 2.14. The van der Waals surface area contributed by atoms with E-state index < -0.39 is 11.8 Å². The highest BCUT2D eigenvalue weighted by atomic mass is 16.3. The maximum Gasteiger partial charge on any atom is 0.290 e. The Morgan fingerprint density at radius 3 is 2.59 bits per heavy atom. The Labute approximate surface area is 126 Å². The fourth-order valence-electron chi connectivity index (χ4n) is 1.81. The highest BCUT2D eigenvalue weighted by Crippen LogP contribution is 2.07. The van der Waals surface area contributed by atoms with Crippen molar-refractivity contribution in [3.05, 3.63) is 51.8 Å². The summed E-state index contributed by atoms with van der Waals surface area (Å²) in [6.07, 6.45) is 2.10. The molecule has 0 aromatic carbocycles. The summed E-state index contributed by atoms with van der Waals surface area (Å²) < 4.78 is 6.21. The standard InChI is InChI=1S/C14H16N4O4/c1-3-7-18-12(19)5-4-11(17-18)14(21)16-15-13(20)10-6-8-22-9(10)2/h4-6,8H,3,7H2,1-2H3,(H,15,20)(H,16,21). The molecule has 0 fully saturated rings. The zero-order valence-electron chi connectivity index (χ0n) is 12.3. The summed E-state index contributed by atoms with van der Waals surface area (Å²) in [6, 6.07) is 4.06. The van der Waals surface area contributed by atoms with Crippen molar-refractivity contribution in [1.82, 2.24) is 20.6 Å². The van der Waals surface area contributed by atoms with E-state index in [0.717, 1.165) is 0 Å². The van der Waals surface area contributed by atoms with Crippen LogP contribution in [0.1, 0.15) is 40.0 Å². The zero-order chi connectivity index (χ0) is 16.1. The van der Waals surface area contributed by atoms with Crippen molar-refractivity contribution < 1.29 is 14.0 Å². The first-order chi connectivity index (χ1) is 10.5. The second kappa shape index (κ2) is 6.70. The van der Waals surface area contributed by atoms with Gasteiger partial charge in [0, 0.05) is 12.6 Å². The van der Waals surface area contributed by atoms with Gasteiger partial charge in [-0.3, -0.25) is 25.2 Å². The molecule has 0 atom stereocenters. The Morgan fingerprint density at radius 1 is 1.23 bits per heavy atom. The summed E-state index contributed by atoms with van der Waals surface area (Å²) in [5, 5.41) is 3.94. The molecule has 0 bridgehead atoms. The first kappa shape index (κ1) is 15.5. The van der Waals surface area contributed by atoms with Crippen molar-refractivity contribution in [2.24, 2.45) is 0 Å². The Kier molecular flexibility index (Phi) is 4.72. The van der Waals surface area contributed by atoms with Crippen molar-refractivity contribution in [2.75, 3.05) is 0 Å². The number of hydrogen-bond donors (Lipinski definition) is 2. The van der Waals surface area contributed by atoms with Crippen molar-refractivity contribution in [2.45, 2.75) is 26.8 Å². The van der Waals surface area contributed by atoms with Crippen LogP contribution in [0.3, 0.4) is 0 Å². The van der Waals surface area contributed by atoms with Crippen molar-refractivity contribution in [3.8, 4) is 0 Å². The van der Waals surface area contributed by atoms with Gasteiger partial charge in [0.25, 0.3) is 17.4 Å². The third-order valence-electron chi connectivity index (χ3n) is 2.93. The van der Waals surface area contributed by atoms with E-state index >= 15 is 0 Å². The Morgan fingerprint density at radius 2 is 1.95 bits per heavy atom. The molecular formula is C14H16N4O4. The van der Waals surface area contributed by atoms with E-state index in [1.807, 2.05) is 6.92 Å². The van der Waals surface area contributed by atoms with Gasteiger partial charge in [0.1, 0.15) is 5.76 Å². The molecule has 0 radical (unpaired) electrons. The predicted octanol–water partition coefficient (Wildman–Crippen LogP) is 0.630. The van der Waals surface area contributed by atoms with Crippen molar-refractivity contribution in [1.29, 1.82) is 0 Å². The molecule has 0 unspecified atom stereocenters. The Hall–Kier alpha value is -2.90. The summed E-state index contributed by atoms with van der Waals surface area (Å²) in [4.78, 5) is 35.3. The molecule has 22 heavy (non-hydrogen) atoms. The lowest BCUT2D eigenvalue weighted by molar-refractivity contribution is 0.0841. The van der Waals surface area contributed by atoms with Gasteiger partial charge in [-0.15, -0.1) is 0 Å². The minimum atomic E-state index is -0.612. The molecule has 0 aliphatic rings. The minimum absolute atomic E-state index is 0.0391. The van der Waals surface area contributed by atoms with Gasteiger partial charge in [0.15, 0.2) is 5.69 Å². The number of furan rings is 1. The lowest BCUT2D eigenvalue weighted by atomic mass is 10.2. The summed E-state index contributed by atoms with van der Waals surface area (Å²) >= 11 is 0. The van der Waals surface area contributed by atoms with E-state index in [2.05, 4.69) is 16.0 Å². The maximum atomic E-state index is 11.9. The van der Waals surface area contributed by atoms with Crippen LogP contribution in [0, 0.1) is 6.92 Å². The molecule has 2 amide bonds. The number of aromatic nitrogens is 2. The molecule has 2 N–H and O–H groups in total. The summed E-state index contributed by atoms with van der Waals surface area (Å²) in [7, 11) is 0. The first-order valence-corrected chi connectivity index (χ1v) is 6.76. The maximum absolute atomic E-state index is 11.9. The first-order valence-electron chi connectivity index (χ1n) is 6.76. The normalized spacial score (nSPS) is 10.3. The number of hydrogen-bond acceptors (Lipinski definition) is 5. The van der Waals surface area contributed by atoms with Gasteiger partial charge < -0.3 is 4.42 Å². The van der Waals surface area contributed by atoms with E-state index in [-0.39, 0.29) is 11.3 Å². The van der Waals surface area contributed by atoms with Crippen LogP contribution < -0.4 is 16.4 Å². The minimum Gasteiger partial charge on any atom is -0.469 e. The number of nitrogens with one attached hydrogen (secondary N) is 2. The van der Waals surface area contributed by atoms with Gasteiger partial charge in [0.05, 0.1) is 11.8 Å². The number of nitrogens with zero attached hydrogens (tertiary/aromatic N) is 2. The molecule has 8 heteroatoms. The fourth-order valence-corrected chi connectivity index (χ4v) is 1.81.